The standard InChI is InChI=1S/C19H26N2O/c22-18(19(8-9-19)12-15-4-2-1-3-5-15)21-10-6-16-13-20-14-17(16)7-11-21/h1-5,16-17,20H,6-14H2/t16-,17+. The molecule has 1 saturated carbocycles. The molecule has 1 amide bonds. The molecule has 3 heteroatoms. The molecular weight excluding hydrogens is 272 g/mol. The van der Waals surface area contributed by atoms with Crippen LogP contribution in [0.3, 0.4) is 0 Å². The smallest absolute Gasteiger partial charge is 0.229 e. The number of likely N-dealkylation sites (tertiary alicyclic amines) is 1. The molecule has 4 rings (SSSR count). The third-order valence-corrected chi connectivity index (χ3v) is 6.00. The van der Waals surface area contributed by atoms with Crippen LogP contribution >= 0.6 is 0 Å². The topological polar surface area (TPSA) is 32.3 Å². The Balaban J connectivity index is 1.43. The Morgan fingerprint density at radius 2 is 1.73 bits per heavy atom. The van der Waals surface area contributed by atoms with Crippen molar-refractivity contribution < 1.29 is 4.79 Å². The fraction of sp³-hybridized carbons (Fsp3) is 0.632. The number of rotatable bonds is 3. The van der Waals surface area contributed by atoms with Crippen LogP contribution in [0.2, 0.25) is 0 Å². The van der Waals surface area contributed by atoms with Gasteiger partial charge in [-0.15, -0.1) is 0 Å². The largest absolute Gasteiger partial charge is 0.342 e. The summed E-state index contributed by atoms with van der Waals surface area (Å²) in [5, 5.41) is 3.51. The molecule has 118 valence electrons. The Morgan fingerprint density at radius 3 is 2.32 bits per heavy atom. The molecule has 1 N–H and O–H groups in total. The van der Waals surface area contributed by atoms with E-state index in [1.54, 1.807) is 0 Å². The van der Waals surface area contributed by atoms with E-state index in [-0.39, 0.29) is 5.41 Å². The lowest BCUT2D eigenvalue weighted by atomic mass is 9.92. The molecule has 2 aliphatic heterocycles. The van der Waals surface area contributed by atoms with Gasteiger partial charge in [-0.25, -0.2) is 0 Å². The number of carbonyl (C=O) groups excluding carboxylic acids is 1. The van der Waals surface area contributed by atoms with Crippen molar-refractivity contribution in [2.24, 2.45) is 17.3 Å². The van der Waals surface area contributed by atoms with Crippen LogP contribution < -0.4 is 5.32 Å². The van der Waals surface area contributed by atoms with Crippen LogP contribution in [0.5, 0.6) is 0 Å². The van der Waals surface area contributed by atoms with E-state index in [1.807, 2.05) is 6.07 Å². The van der Waals surface area contributed by atoms with Gasteiger partial charge >= 0.3 is 0 Å². The van der Waals surface area contributed by atoms with Crippen LogP contribution in [-0.2, 0) is 11.2 Å². The molecule has 1 aliphatic carbocycles. The predicted octanol–water partition coefficient (Wildman–Crippen LogP) is 2.47. The van der Waals surface area contributed by atoms with Crippen LogP contribution in [0.25, 0.3) is 0 Å². The third kappa shape index (κ3) is 2.67. The highest BCUT2D eigenvalue weighted by atomic mass is 16.2. The lowest BCUT2D eigenvalue weighted by Gasteiger charge is -2.26. The Labute approximate surface area is 133 Å². The SMILES string of the molecule is O=C(N1CC[C@@H]2CNC[C@@H]2CC1)C1(Cc2ccccc2)CC1. The average molecular weight is 298 g/mol. The molecule has 0 aromatic heterocycles. The zero-order valence-electron chi connectivity index (χ0n) is 13.3. The summed E-state index contributed by atoms with van der Waals surface area (Å²) in [6, 6.07) is 10.5. The van der Waals surface area contributed by atoms with Crippen molar-refractivity contribution in [2.45, 2.75) is 32.1 Å². The van der Waals surface area contributed by atoms with Crippen molar-refractivity contribution >= 4 is 5.91 Å². The van der Waals surface area contributed by atoms with E-state index in [1.165, 1.54) is 18.4 Å². The average Bonchev–Trinajstić information content (AvgIpc) is 3.24. The summed E-state index contributed by atoms with van der Waals surface area (Å²) in [7, 11) is 0. The monoisotopic (exact) mass is 298 g/mol. The quantitative estimate of drug-likeness (QED) is 0.930. The molecule has 0 radical (unpaired) electrons. The van der Waals surface area contributed by atoms with Crippen molar-refractivity contribution in [3.63, 3.8) is 0 Å². The second kappa shape index (κ2) is 5.69. The van der Waals surface area contributed by atoms with E-state index in [0.717, 1.165) is 57.3 Å². The first-order chi connectivity index (χ1) is 10.8. The minimum Gasteiger partial charge on any atom is -0.342 e. The number of benzene rings is 1. The Kier molecular flexibility index (Phi) is 3.69. The molecule has 3 aliphatic rings. The minimum absolute atomic E-state index is 0.0704. The number of nitrogens with zero attached hydrogens (tertiary/aromatic N) is 1. The van der Waals surface area contributed by atoms with Crippen molar-refractivity contribution in [1.82, 2.24) is 10.2 Å². The highest BCUT2D eigenvalue weighted by molar-refractivity contribution is 5.85. The number of nitrogens with one attached hydrogen (secondary N) is 1. The molecule has 2 saturated heterocycles. The molecule has 0 unspecified atom stereocenters. The van der Waals surface area contributed by atoms with Gasteiger partial charge in [0.05, 0.1) is 5.41 Å². The fourth-order valence-electron chi connectivity index (χ4n) is 4.36. The predicted molar refractivity (Wildman–Crippen MR) is 87.5 cm³/mol. The number of fused-ring (bicyclic) bond motifs is 1. The van der Waals surface area contributed by atoms with E-state index < -0.39 is 0 Å². The Bertz CT molecular complexity index is 524. The van der Waals surface area contributed by atoms with Crippen LogP contribution in [-0.4, -0.2) is 37.0 Å². The summed E-state index contributed by atoms with van der Waals surface area (Å²) in [5.74, 6) is 2.02. The maximum Gasteiger partial charge on any atom is 0.229 e. The fourth-order valence-corrected chi connectivity index (χ4v) is 4.36. The van der Waals surface area contributed by atoms with Gasteiger partial charge in [0, 0.05) is 13.1 Å². The van der Waals surface area contributed by atoms with Crippen LogP contribution in [0.15, 0.2) is 30.3 Å². The number of carbonyl (C=O) groups is 1. The maximum atomic E-state index is 13.1. The molecule has 0 bridgehead atoms. The lowest BCUT2D eigenvalue weighted by Crippen LogP contribution is -2.39. The molecule has 1 aromatic carbocycles. The molecule has 1 aromatic rings. The molecule has 3 fully saturated rings. The molecule has 2 heterocycles. The van der Waals surface area contributed by atoms with E-state index >= 15 is 0 Å². The normalized spacial score (nSPS) is 29.7. The third-order valence-electron chi connectivity index (χ3n) is 6.00. The van der Waals surface area contributed by atoms with Gasteiger partial charge in [0.2, 0.25) is 5.91 Å². The van der Waals surface area contributed by atoms with Crippen LogP contribution in [0.4, 0.5) is 0 Å². The van der Waals surface area contributed by atoms with Gasteiger partial charge in [-0.1, -0.05) is 30.3 Å². The van der Waals surface area contributed by atoms with Gasteiger partial charge in [-0.3, -0.25) is 4.79 Å². The zero-order valence-corrected chi connectivity index (χ0v) is 13.3. The summed E-state index contributed by atoms with van der Waals surface area (Å²) in [5.41, 5.74) is 1.24. The van der Waals surface area contributed by atoms with Crippen molar-refractivity contribution in [3.8, 4) is 0 Å². The van der Waals surface area contributed by atoms with Crippen LogP contribution in [0.1, 0.15) is 31.2 Å². The Morgan fingerprint density at radius 1 is 1.09 bits per heavy atom. The molecule has 0 spiro atoms. The van der Waals surface area contributed by atoms with Gasteiger partial charge in [-0.2, -0.15) is 0 Å². The Hall–Kier alpha value is -1.35. The molecule has 22 heavy (non-hydrogen) atoms. The molecular formula is C19H26N2O. The van der Waals surface area contributed by atoms with Gasteiger partial charge in [-0.05, 0) is 62.6 Å². The summed E-state index contributed by atoms with van der Waals surface area (Å²) < 4.78 is 0. The van der Waals surface area contributed by atoms with Gasteiger partial charge in [0.25, 0.3) is 0 Å². The molecule has 3 nitrogen and oxygen atoms in total. The molecule has 2 atom stereocenters. The van der Waals surface area contributed by atoms with E-state index in [2.05, 4.69) is 34.5 Å². The number of amides is 1. The minimum atomic E-state index is -0.0704. The maximum absolute atomic E-state index is 13.1. The van der Waals surface area contributed by atoms with E-state index in [4.69, 9.17) is 0 Å². The first-order valence-corrected chi connectivity index (χ1v) is 8.81. The van der Waals surface area contributed by atoms with Crippen molar-refractivity contribution in [1.29, 1.82) is 0 Å². The second-order valence-electron chi connectivity index (χ2n) is 7.49. The number of hydrogen-bond donors (Lipinski definition) is 1. The number of hydrogen-bond acceptors (Lipinski definition) is 2. The van der Waals surface area contributed by atoms with Gasteiger partial charge in [0.15, 0.2) is 0 Å². The second-order valence-corrected chi connectivity index (χ2v) is 7.49. The summed E-state index contributed by atoms with van der Waals surface area (Å²) in [6.45, 7) is 4.25. The highest BCUT2D eigenvalue weighted by Gasteiger charge is 2.51. The van der Waals surface area contributed by atoms with E-state index in [9.17, 15) is 4.79 Å². The summed E-state index contributed by atoms with van der Waals surface area (Å²) in [6.07, 6.45) is 5.45. The van der Waals surface area contributed by atoms with Crippen molar-refractivity contribution in [3.05, 3.63) is 35.9 Å². The first-order valence-electron chi connectivity index (χ1n) is 8.81. The summed E-state index contributed by atoms with van der Waals surface area (Å²) >= 11 is 0. The van der Waals surface area contributed by atoms with E-state index in [0.29, 0.717) is 5.91 Å². The van der Waals surface area contributed by atoms with Gasteiger partial charge < -0.3 is 10.2 Å². The summed E-state index contributed by atoms with van der Waals surface area (Å²) in [4.78, 5) is 15.3. The lowest BCUT2D eigenvalue weighted by molar-refractivity contribution is -0.137. The first kappa shape index (κ1) is 14.3. The zero-order chi connectivity index (χ0) is 15.0. The van der Waals surface area contributed by atoms with Crippen LogP contribution in [0, 0.1) is 17.3 Å². The van der Waals surface area contributed by atoms with Crippen molar-refractivity contribution in [2.75, 3.05) is 26.2 Å². The highest BCUT2D eigenvalue weighted by Crippen LogP contribution is 2.50. The van der Waals surface area contributed by atoms with Gasteiger partial charge in [0.1, 0.15) is 0 Å².